The molecule has 1 heterocycles. The molecule has 1 fully saturated rings. The Hall–Kier alpha value is -2.59. The van der Waals surface area contributed by atoms with Crippen LogP contribution >= 0.6 is 0 Å². The molecule has 0 spiro atoms. The van der Waals surface area contributed by atoms with Crippen LogP contribution in [0.3, 0.4) is 0 Å². The van der Waals surface area contributed by atoms with Gasteiger partial charge in [0.05, 0.1) is 16.8 Å². The molecule has 5 nitrogen and oxygen atoms in total. The van der Waals surface area contributed by atoms with Crippen molar-refractivity contribution in [2.24, 2.45) is 5.73 Å². The second-order valence-corrected chi connectivity index (χ2v) is 8.15. The Labute approximate surface area is 173 Å². The Kier molecular flexibility index (Phi) is 6.14. The molecule has 6 heteroatoms. The second-order valence-electron chi connectivity index (χ2n) is 8.15. The predicted octanol–water partition coefficient (Wildman–Crippen LogP) is 4.11. The highest BCUT2D eigenvalue weighted by Crippen LogP contribution is 2.38. The van der Waals surface area contributed by atoms with Crippen molar-refractivity contribution in [3.8, 4) is 11.8 Å². The molecule has 0 amide bonds. The quantitative estimate of drug-likeness (QED) is 0.751. The van der Waals surface area contributed by atoms with Gasteiger partial charge >= 0.3 is 7.12 Å². The minimum atomic E-state index is -0.505. The molecule has 0 saturated carbocycles. The third-order valence-corrected chi connectivity index (χ3v) is 5.51. The number of nitrogens with zero attached hydrogens (tertiary/aromatic N) is 1. The summed E-state index contributed by atoms with van der Waals surface area (Å²) in [6.07, 6.45) is 1.94. The zero-order valence-electron chi connectivity index (χ0n) is 17.4. The summed E-state index contributed by atoms with van der Waals surface area (Å²) in [5.74, 6) is 0.537. The molecule has 0 atom stereocenters. The molecule has 0 bridgehead atoms. The minimum Gasteiger partial charge on any atom is -0.488 e. The Balaban J connectivity index is 1.83. The standard InChI is InChI=1S/C23H27BN2O3/c1-22(2)23(3,4)29-24(28-22)20(15-26)12-18-10-11-19(14-25)21(13-18)27-16-17-8-6-5-7-9-17/h5-13H,15-16,26H2,1-4H3. The minimum absolute atomic E-state index is 0.303. The monoisotopic (exact) mass is 390 g/mol. The first-order valence-corrected chi connectivity index (χ1v) is 9.73. The largest absolute Gasteiger partial charge is 0.491 e. The summed E-state index contributed by atoms with van der Waals surface area (Å²) in [7, 11) is -0.505. The first-order chi connectivity index (χ1) is 13.8. The molecule has 150 valence electrons. The summed E-state index contributed by atoms with van der Waals surface area (Å²) in [6.45, 7) is 8.74. The summed E-state index contributed by atoms with van der Waals surface area (Å²) in [5.41, 5.74) is 8.38. The van der Waals surface area contributed by atoms with E-state index in [0.29, 0.717) is 24.5 Å². The summed E-state index contributed by atoms with van der Waals surface area (Å²) >= 11 is 0. The van der Waals surface area contributed by atoms with Gasteiger partial charge in [-0.25, -0.2) is 0 Å². The summed E-state index contributed by atoms with van der Waals surface area (Å²) < 4.78 is 18.1. The van der Waals surface area contributed by atoms with Gasteiger partial charge in [0.1, 0.15) is 18.4 Å². The van der Waals surface area contributed by atoms with Gasteiger partial charge in [-0.15, -0.1) is 0 Å². The molecule has 2 N–H and O–H groups in total. The van der Waals surface area contributed by atoms with Crippen molar-refractivity contribution < 1.29 is 14.0 Å². The maximum absolute atomic E-state index is 9.42. The van der Waals surface area contributed by atoms with Crippen LogP contribution in [-0.4, -0.2) is 24.9 Å². The van der Waals surface area contributed by atoms with Gasteiger partial charge in [-0.05, 0) is 56.4 Å². The average molecular weight is 390 g/mol. The molecule has 1 saturated heterocycles. The SMILES string of the molecule is CC1(C)OB(C(=Cc2ccc(C#N)c(OCc3ccccc3)c2)CN)OC1(C)C. The normalized spacial score (nSPS) is 17.8. The van der Waals surface area contributed by atoms with Gasteiger partial charge in [0.2, 0.25) is 0 Å². The van der Waals surface area contributed by atoms with E-state index in [0.717, 1.165) is 16.6 Å². The van der Waals surface area contributed by atoms with Gasteiger partial charge in [0, 0.05) is 6.54 Å². The van der Waals surface area contributed by atoms with Crippen molar-refractivity contribution in [1.82, 2.24) is 0 Å². The number of rotatable bonds is 6. The van der Waals surface area contributed by atoms with E-state index in [-0.39, 0.29) is 0 Å². The van der Waals surface area contributed by atoms with Crippen LogP contribution in [0.15, 0.2) is 54.0 Å². The lowest BCUT2D eigenvalue weighted by atomic mass is 9.77. The van der Waals surface area contributed by atoms with E-state index >= 15 is 0 Å². The highest BCUT2D eigenvalue weighted by atomic mass is 16.7. The Morgan fingerprint density at radius 3 is 2.34 bits per heavy atom. The van der Waals surface area contributed by atoms with Gasteiger partial charge in [-0.1, -0.05) is 42.5 Å². The van der Waals surface area contributed by atoms with Crippen LogP contribution in [0.25, 0.3) is 6.08 Å². The van der Waals surface area contributed by atoms with Crippen molar-refractivity contribution >= 4 is 13.2 Å². The molecule has 2 aromatic carbocycles. The van der Waals surface area contributed by atoms with E-state index in [9.17, 15) is 5.26 Å². The van der Waals surface area contributed by atoms with Crippen LogP contribution in [0, 0.1) is 11.3 Å². The van der Waals surface area contributed by atoms with E-state index in [1.54, 1.807) is 6.07 Å². The first kappa shape index (κ1) is 21.1. The summed E-state index contributed by atoms with van der Waals surface area (Å²) in [6, 6.07) is 17.5. The van der Waals surface area contributed by atoms with Crippen molar-refractivity contribution in [2.45, 2.75) is 45.5 Å². The van der Waals surface area contributed by atoms with E-state index in [4.69, 9.17) is 19.8 Å². The third-order valence-electron chi connectivity index (χ3n) is 5.51. The fourth-order valence-corrected chi connectivity index (χ4v) is 3.01. The van der Waals surface area contributed by atoms with Crippen LogP contribution in [0.2, 0.25) is 0 Å². The first-order valence-electron chi connectivity index (χ1n) is 9.73. The Morgan fingerprint density at radius 2 is 1.76 bits per heavy atom. The van der Waals surface area contributed by atoms with Crippen molar-refractivity contribution in [1.29, 1.82) is 5.26 Å². The van der Waals surface area contributed by atoms with Gasteiger partial charge < -0.3 is 19.8 Å². The molecule has 0 radical (unpaired) electrons. The highest BCUT2D eigenvalue weighted by Gasteiger charge is 2.52. The van der Waals surface area contributed by atoms with Gasteiger partial charge in [0.15, 0.2) is 0 Å². The molecule has 29 heavy (non-hydrogen) atoms. The smallest absolute Gasteiger partial charge is 0.488 e. The molecule has 1 aliphatic heterocycles. The number of nitriles is 1. The van der Waals surface area contributed by atoms with Crippen molar-refractivity contribution in [2.75, 3.05) is 6.54 Å². The number of ether oxygens (including phenoxy) is 1. The predicted molar refractivity (Wildman–Crippen MR) is 115 cm³/mol. The van der Waals surface area contributed by atoms with E-state index < -0.39 is 18.3 Å². The van der Waals surface area contributed by atoms with Gasteiger partial charge in [-0.2, -0.15) is 5.26 Å². The molecule has 0 aromatic heterocycles. The molecule has 3 rings (SSSR count). The molecular formula is C23H27BN2O3. The van der Waals surface area contributed by atoms with Crippen LogP contribution < -0.4 is 10.5 Å². The molecule has 1 aliphatic rings. The second kappa shape index (κ2) is 8.42. The van der Waals surface area contributed by atoms with E-state index in [1.165, 1.54) is 0 Å². The molecular weight excluding hydrogens is 363 g/mol. The average Bonchev–Trinajstić information content (AvgIpc) is 2.92. The van der Waals surface area contributed by atoms with Gasteiger partial charge in [-0.3, -0.25) is 0 Å². The van der Waals surface area contributed by atoms with Gasteiger partial charge in [0.25, 0.3) is 0 Å². The highest BCUT2D eigenvalue weighted by molar-refractivity contribution is 6.55. The lowest BCUT2D eigenvalue weighted by molar-refractivity contribution is 0.00578. The Bertz CT molecular complexity index is 917. The Morgan fingerprint density at radius 1 is 1.10 bits per heavy atom. The van der Waals surface area contributed by atoms with Crippen LogP contribution in [0.4, 0.5) is 0 Å². The molecule has 0 unspecified atom stereocenters. The maximum atomic E-state index is 9.42. The fourth-order valence-electron chi connectivity index (χ4n) is 3.01. The summed E-state index contributed by atoms with van der Waals surface area (Å²) in [4.78, 5) is 0. The number of nitrogens with two attached hydrogens (primary N) is 1. The zero-order valence-corrected chi connectivity index (χ0v) is 17.4. The lowest BCUT2D eigenvalue weighted by Crippen LogP contribution is -2.41. The number of benzene rings is 2. The van der Waals surface area contributed by atoms with Crippen molar-refractivity contribution in [3.05, 3.63) is 70.7 Å². The van der Waals surface area contributed by atoms with Crippen LogP contribution in [-0.2, 0) is 15.9 Å². The third kappa shape index (κ3) is 4.71. The molecule has 0 aliphatic carbocycles. The van der Waals surface area contributed by atoms with E-state index in [2.05, 4.69) is 6.07 Å². The lowest BCUT2D eigenvalue weighted by Gasteiger charge is -2.32. The number of hydrogen-bond donors (Lipinski definition) is 1. The molecule has 2 aromatic rings. The zero-order chi connectivity index (χ0) is 21.1. The fraction of sp³-hybridized carbons (Fsp3) is 0.348. The summed E-state index contributed by atoms with van der Waals surface area (Å²) in [5, 5.41) is 9.42. The number of hydrogen-bond acceptors (Lipinski definition) is 5. The topological polar surface area (TPSA) is 77.5 Å². The van der Waals surface area contributed by atoms with Crippen LogP contribution in [0.1, 0.15) is 44.4 Å². The van der Waals surface area contributed by atoms with Crippen LogP contribution in [0.5, 0.6) is 5.75 Å². The van der Waals surface area contributed by atoms with E-state index in [1.807, 2.05) is 76.2 Å². The van der Waals surface area contributed by atoms with Crippen molar-refractivity contribution in [3.63, 3.8) is 0 Å². The maximum Gasteiger partial charge on any atom is 0.491 e.